The molecule has 2 rings (SSSR count). The fourth-order valence-corrected chi connectivity index (χ4v) is 2.09. The number of carbonyl (C=O) groups is 1. The maximum atomic E-state index is 13.1. The minimum Gasteiger partial charge on any atom is -0.289 e. The topological polar surface area (TPSA) is 17.1 Å². The van der Waals surface area contributed by atoms with E-state index in [-0.39, 0.29) is 16.4 Å². The van der Waals surface area contributed by atoms with Crippen molar-refractivity contribution in [1.29, 1.82) is 0 Å². The molecule has 18 heavy (non-hydrogen) atoms. The first-order valence-electron chi connectivity index (χ1n) is 4.94. The van der Waals surface area contributed by atoms with Gasteiger partial charge in [0.2, 0.25) is 0 Å². The van der Waals surface area contributed by atoms with Gasteiger partial charge in [-0.25, -0.2) is 4.39 Å². The summed E-state index contributed by atoms with van der Waals surface area (Å²) < 4.78 is 13.8. The number of ketones is 1. The number of hydrogen-bond donors (Lipinski definition) is 0. The van der Waals surface area contributed by atoms with Gasteiger partial charge >= 0.3 is 0 Å². The molecule has 0 aliphatic carbocycles. The van der Waals surface area contributed by atoms with Crippen LogP contribution in [0.3, 0.4) is 0 Å². The third kappa shape index (κ3) is 2.74. The molecule has 0 aromatic heterocycles. The van der Waals surface area contributed by atoms with Gasteiger partial charge in [-0.3, -0.25) is 4.79 Å². The lowest BCUT2D eigenvalue weighted by molar-refractivity contribution is 0.103. The van der Waals surface area contributed by atoms with Crippen LogP contribution in [-0.2, 0) is 0 Å². The summed E-state index contributed by atoms with van der Waals surface area (Å²) in [7, 11) is 0. The van der Waals surface area contributed by atoms with Crippen LogP contribution in [0.2, 0.25) is 10.0 Å². The van der Waals surface area contributed by atoms with Gasteiger partial charge in [0.1, 0.15) is 5.82 Å². The van der Waals surface area contributed by atoms with E-state index in [2.05, 4.69) is 15.9 Å². The van der Waals surface area contributed by atoms with Crippen molar-refractivity contribution in [2.45, 2.75) is 0 Å². The van der Waals surface area contributed by atoms with Gasteiger partial charge in [-0.1, -0.05) is 23.2 Å². The lowest BCUT2D eigenvalue weighted by atomic mass is 10.0. The first-order valence-corrected chi connectivity index (χ1v) is 6.49. The fraction of sp³-hybridized carbons (Fsp3) is 0. The number of halogens is 4. The van der Waals surface area contributed by atoms with Crippen molar-refractivity contribution >= 4 is 44.9 Å². The van der Waals surface area contributed by atoms with Gasteiger partial charge in [-0.15, -0.1) is 0 Å². The van der Waals surface area contributed by atoms with Gasteiger partial charge in [0, 0.05) is 15.6 Å². The third-order valence-electron chi connectivity index (χ3n) is 2.35. The van der Waals surface area contributed by atoms with Gasteiger partial charge in [-0.2, -0.15) is 0 Å². The van der Waals surface area contributed by atoms with E-state index < -0.39 is 5.82 Å². The van der Waals surface area contributed by atoms with Crippen LogP contribution in [0.5, 0.6) is 0 Å². The molecule has 0 aliphatic heterocycles. The van der Waals surface area contributed by atoms with Gasteiger partial charge < -0.3 is 0 Å². The molecule has 0 saturated carbocycles. The summed E-state index contributed by atoms with van der Waals surface area (Å²) in [5.74, 6) is -0.875. The number of carbonyl (C=O) groups excluding carboxylic acids is 1. The van der Waals surface area contributed by atoms with E-state index in [0.29, 0.717) is 15.1 Å². The maximum absolute atomic E-state index is 13.1. The molecule has 5 heteroatoms. The Balaban J connectivity index is 2.47. The van der Waals surface area contributed by atoms with Gasteiger partial charge in [0.05, 0.1) is 10.0 Å². The highest BCUT2D eigenvalue weighted by molar-refractivity contribution is 9.10. The third-order valence-corrected chi connectivity index (χ3v) is 3.92. The van der Waals surface area contributed by atoms with Crippen molar-refractivity contribution < 1.29 is 9.18 Å². The molecule has 0 fully saturated rings. The van der Waals surface area contributed by atoms with Crippen molar-refractivity contribution in [3.05, 3.63) is 67.9 Å². The first-order chi connectivity index (χ1) is 8.49. The van der Waals surface area contributed by atoms with Crippen LogP contribution in [0.25, 0.3) is 0 Å². The quantitative estimate of drug-likeness (QED) is 0.688. The monoisotopic (exact) mass is 346 g/mol. The smallest absolute Gasteiger partial charge is 0.194 e. The SMILES string of the molecule is O=C(c1ccc(Br)c(Cl)c1)c1cc(F)ccc1Cl. The molecule has 2 aromatic rings. The summed E-state index contributed by atoms with van der Waals surface area (Å²) in [6, 6.07) is 8.43. The van der Waals surface area contributed by atoms with Crippen molar-refractivity contribution in [3.63, 3.8) is 0 Å². The molecular weight excluding hydrogens is 342 g/mol. The molecule has 0 radical (unpaired) electrons. The highest BCUT2D eigenvalue weighted by atomic mass is 79.9. The van der Waals surface area contributed by atoms with Crippen LogP contribution in [0.4, 0.5) is 4.39 Å². The molecule has 0 atom stereocenters. The summed E-state index contributed by atoms with van der Waals surface area (Å²) in [6.45, 7) is 0. The molecule has 0 unspecified atom stereocenters. The Morgan fingerprint density at radius 1 is 1.06 bits per heavy atom. The lowest BCUT2D eigenvalue weighted by Crippen LogP contribution is -2.02. The van der Waals surface area contributed by atoms with Crippen LogP contribution in [0.15, 0.2) is 40.9 Å². The number of rotatable bonds is 2. The summed E-state index contributed by atoms with van der Waals surface area (Å²) in [5, 5.41) is 0.619. The molecule has 0 aliphatic rings. The standard InChI is InChI=1S/C13H6BrCl2FO/c14-10-3-1-7(5-12(10)16)13(18)9-6-8(17)2-4-11(9)15/h1-6H. The summed E-state index contributed by atoms with van der Waals surface area (Å²) in [6.07, 6.45) is 0. The molecule has 0 saturated heterocycles. The average molecular weight is 348 g/mol. The molecule has 2 aromatic carbocycles. The van der Waals surface area contributed by atoms with E-state index in [4.69, 9.17) is 23.2 Å². The first kappa shape index (κ1) is 13.5. The van der Waals surface area contributed by atoms with Gasteiger partial charge in [-0.05, 0) is 52.3 Å². The molecule has 0 spiro atoms. The molecule has 0 N–H and O–H groups in total. The number of hydrogen-bond acceptors (Lipinski definition) is 1. The second-order valence-corrected chi connectivity index (χ2v) is 5.25. The molecular formula is C13H6BrCl2FO. The Morgan fingerprint density at radius 3 is 2.44 bits per heavy atom. The molecule has 92 valence electrons. The second-order valence-electron chi connectivity index (χ2n) is 3.58. The van der Waals surface area contributed by atoms with Gasteiger partial charge in [0.25, 0.3) is 0 Å². The van der Waals surface area contributed by atoms with Crippen molar-refractivity contribution in [1.82, 2.24) is 0 Å². The fourth-order valence-electron chi connectivity index (χ4n) is 1.46. The summed E-state index contributed by atoms with van der Waals surface area (Å²) >= 11 is 15.0. The van der Waals surface area contributed by atoms with Crippen LogP contribution in [0.1, 0.15) is 15.9 Å². The van der Waals surface area contributed by atoms with Crippen LogP contribution in [-0.4, -0.2) is 5.78 Å². The Bertz CT molecular complexity index is 628. The van der Waals surface area contributed by atoms with Crippen molar-refractivity contribution in [2.24, 2.45) is 0 Å². The zero-order valence-electron chi connectivity index (χ0n) is 8.88. The highest BCUT2D eigenvalue weighted by Crippen LogP contribution is 2.26. The Labute approximate surface area is 122 Å². The van der Waals surface area contributed by atoms with Crippen LogP contribution in [0, 0.1) is 5.82 Å². The molecule has 0 heterocycles. The van der Waals surface area contributed by atoms with E-state index >= 15 is 0 Å². The van der Waals surface area contributed by atoms with E-state index in [1.165, 1.54) is 18.2 Å². The average Bonchev–Trinajstić information content (AvgIpc) is 2.35. The molecule has 0 bridgehead atoms. The van der Waals surface area contributed by atoms with Crippen molar-refractivity contribution in [2.75, 3.05) is 0 Å². The predicted octanol–water partition coefficient (Wildman–Crippen LogP) is 5.13. The minimum atomic E-state index is -0.508. The normalized spacial score (nSPS) is 10.4. The molecule has 1 nitrogen and oxygen atoms in total. The lowest BCUT2D eigenvalue weighted by Gasteiger charge is -2.05. The highest BCUT2D eigenvalue weighted by Gasteiger charge is 2.14. The number of benzene rings is 2. The van der Waals surface area contributed by atoms with Crippen LogP contribution >= 0.6 is 39.1 Å². The Kier molecular flexibility index (Phi) is 4.05. The Hall–Kier alpha value is -0.900. The maximum Gasteiger partial charge on any atom is 0.194 e. The second kappa shape index (κ2) is 5.39. The van der Waals surface area contributed by atoms with E-state index in [1.54, 1.807) is 12.1 Å². The largest absolute Gasteiger partial charge is 0.289 e. The summed E-state index contributed by atoms with van der Waals surface area (Å²) in [4.78, 5) is 12.2. The van der Waals surface area contributed by atoms with E-state index in [1.807, 2.05) is 0 Å². The predicted molar refractivity (Wildman–Crippen MR) is 74.0 cm³/mol. The Morgan fingerprint density at radius 2 is 1.78 bits per heavy atom. The van der Waals surface area contributed by atoms with E-state index in [0.717, 1.165) is 6.07 Å². The van der Waals surface area contributed by atoms with Crippen molar-refractivity contribution in [3.8, 4) is 0 Å². The molecule has 0 amide bonds. The zero-order valence-corrected chi connectivity index (χ0v) is 12.0. The summed E-state index contributed by atoms with van der Waals surface area (Å²) in [5.41, 5.74) is 0.478. The van der Waals surface area contributed by atoms with Crippen LogP contribution < -0.4 is 0 Å². The minimum absolute atomic E-state index is 0.120. The van der Waals surface area contributed by atoms with Gasteiger partial charge in [0.15, 0.2) is 5.78 Å². The van der Waals surface area contributed by atoms with E-state index in [9.17, 15) is 9.18 Å². The zero-order chi connectivity index (χ0) is 13.3.